The third-order valence-corrected chi connectivity index (χ3v) is 12.1. The maximum absolute atomic E-state index is 12.7. The van der Waals surface area contributed by atoms with Gasteiger partial charge in [-0.2, -0.15) is 0 Å². The SMILES string of the molecule is COc1cc(OCC(CN(C)C(=O)OC(C)(C)C)O[Si](C)(C)C(C)(C)C)cc(B2OC(C)(C)C(C)(C)O2)c1. The van der Waals surface area contributed by atoms with Gasteiger partial charge in [0.2, 0.25) is 0 Å². The molecule has 0 spiro atoms. The predicted octanol–water partition coefficient (Wildman–Crippen LogP) is 5.63. The second-order valence-corrected chi connectivity index (χ2v) is 18.5. The van der Waals surface area contributed by atoms with Gasteiger partial charge in [-0.15, -0.1) is 0 Å². The number of carbonyl (C=O) groups is 1. The molecule has 1 heterocycles. The second kappa shape index (κ2) is 11.4. The number of benzene rings is 1. The van der Waals surface area contributed by atoms with Gasteiger partial charge in [0.25, 0.3) is 0 Å². The number of carbonyl (C=O) groups excluding carboxylic acids is 1. The van der Waals surface area contributed by atoms with Gasteiger partial charge in [0.05, 0.1) is 31.0 Å². The first kappa shape index (κ1) is 32.5. The third-order valence-electron chi connectivity index (χ3n) is 7.55. The van der Waals surface area contributed by atoms with E-state index in [0.29, 0.717) is 18.0 Å². The van der Waals surface area contributed by atoms with E-state index in [-0.39, 0.29) is 17.7 Å². The fourth-order valence-corrected chi connectivity index (χ4v) is 4.87. The summed E-state index contributed by atoms with van der Waals surface area (Å²) in [5.74, 6) is 1.25. The standard InChI is InChI=1S/C28H50BNO7Si/c1-25(2,3)34-24(31)30(11)18-23(35-38(13,14)26(4,5)6)19-33-22-16-20(15-21(17-22)32-12)29-36-27(7,8)28(9,10)37-29/h15-17,23H,18-19H2,1-14H3. The molecule has 0 radical (unpaired) electrons. The van der Waals surface area contributed by atoms with Crippen LogP contribution in [0, 0.1) is 0 Å². The zero-order valence-electron chi connectivity index (χ0n) is 26.1. The van der Waals surface area contributed by atoms with Crippen LogP contribution in [0.25, 0.3) is 0 Å². The molecular formula is C28H50BNO7Si. The minimum Gasteiger partial charge on any atom is -0.497 e. The molecule has 0 saturated carbocycles. The van der Waals surface area contributed by atoms with Crippen molar-refractivity contribution in [3.05, 3.63) is 18.2 Å². The molecule has 1 aromatic rings. The van der Waals surface area contributed by atoms with E-state index in [0.717, 1.165) is 5.46 Å². The number of ether oxygens (including phenoxy) is 3. The molecule has 38 heavy (non-hydrogen) atoms. The third kappa shape index (κ3) is 8.37. The second-order valence-electron chi connectivity index (χ2n) is 13.7. The summed E-state index contributed by atoms with van der Waals surface area (Å²) in [6.07, 6.45) is -0.759. The van der Waals surface area contributed by atoms with Crippen molar-refractivity contribution in [2.75, 3.05) is 27.3 Å². The number of methoxy groups -OCH3 is 1. The number of amides is 1. The lowest BCUT2D eigenvalue weighted by molar-refractivity contribution is 0.00578. The van der Waals surface area contributed by atoms with Gasteiger partial charge in [-0.05, 0) is 84.2 Å². The molecular weight excluding hydrogens is 501 g/mol. The Kier molecular flexibility index (Phi) is 9.73. The number of nitrogens with zero attached hydrogens (tertiary/aromatic N) is 1. The summed E-state index contributed by atoms with van der Waals surface area (Å²) < 4.78 is 36.6. The van der Waals surface area contributed by atoms with E-state index in [1.807, 2.05) is 66.7 Å². The van der Waals surface area contributed by atoms with Crippen molar-refractivity contribution in [2.24, 2.45) is 0 Å². The lowest BCUT2D eigenvalue weighted by Gasteiger charge is -2.40. The van der Waals surface area contributed by atoms with Gasteiger partial charge in [0, 0.05) is 13.1 Å². The number of likely N-dealkylation sites (N-methyl/N-ethyl adjacent to an activating group) is 1. The molecule has 1 atom stereocenters. The minimum atomic E-state index is -2.16. The average Bonchev–Trinajstić information content (AvgIpc) is 2.96. The van der Waals surface area contributed by atoms with Gasteiger partial charge in [-0.1, -0.05) is 20.8 Å². The first-order valence-electron chi connectivity index (χ1n) is 13.4. The van der Waals surface area contributed by atoms with Crippen LogP contribution in [-0.2, 0) is 18.5 Å². The molecule has 10 heteroatoms. The monoisotopic (exact) mass is 551 g/mol. The van der Waals surface area contributed by atoms with Crippen LogP contribution < -0.4 is 14.9 Å². The van der Waals surface area contributed by atoms with Crippen LogP contribution in [0.3, 0.4) is 0 Å². The minimum absolute atomic E-state index is 0.00433. The van der Waals surface area contributed by atoms with Crippen LogP contribution in [0.1, 0.15) is 69.2 Å². The highest BCUT2D eigenvalue weighted by atomic mass is 28.4. The summed E-state index contributed by atoms with van der Waals surface area (Å²) in [6.45, 7) is 25.2. The van der Waals surface area contributed by atoms with Crippen molar-refractivity contribution < 1.29 is 32.7 Å². The normalized spacial score (nSPS) is 18.2. The van der Waals surface area contributed by atoms with Crippen molar-refractivity contribution in [1.82, 2.24) is 4.90 Å². The van der Waals surface area contributed by atoms with Gasteiger partial charge in [0.15, 0.2) is 8.32 Å². The molecule has 1 aromatic carbocycles. The van der Waals surface area contributed by atoms with Gasteiger partial charge >= 0.3 is 13.2 Å². The van der Waals surface area contributed by atoms with E-state index in [1.165, 1.54) is 0 Å². The highest BCUT2D eigenvalue weighted by Gasteiger charge is 2.52. The predicted molar refractivity (Wildman–Crippen MR) is 155 cm³/mol. The van der Waals surface area contributed by atoms with Gasteiger partial charge in [-0.25, -0.2) is 4.79 Å². The highest BCUT2D eigenvalue weighted by molar-refractivity contribution is 6.74. The van der Waals surface area contributed by atoms with Crippen LogP contribution in [0.5, 0.6) is 11.5 Å². The van der Waals surface area contributed by atoms with E-state index in [9.17, 15) is 4.79 Å². The first-order chi connectivity index (χ1) is 17.1. The Hall–Kier alpha value is -1.75. The van der Waals surface area contributed by atoms with Crippen molar-refractivity contribution in [1.29, 1.82) is 0 Å². The smallest absolute Gasteiger partial charge is 0.495 e. The van der Waals surface area contributed by atoms with Crippen LogP contribution in [0.2, 0.25) is 18.1 Å². The van der Waals surface area contributed by atoms with Gasteiger partial charge in [-0.3, -0.25) is 0 Å². The zero-order chi connectivity index (χ0) is 29.3. The Morgan fingerprint density at radius 2 is 1.53 bits per heavy atom. The number of hydrogen-bond donors (Lipinski definition) is 0. The molecule has 1 aliphatic rings. The molecule has 1 amide bonds. The summed E-state index contributed by atoms with van der Waals surface area (Å²) >= 11 is 0. The summed E-state index contributed by atoms with van der Waals surface area (Å²) in [7, 11) is 0.631. The molecule has 0 N–H and O–H groups in total. The van der Waals surface area contributed by atoms with E-state index in [1.54, 1.807) is 19.1 Å². The van der Waals surface area contributed by atoms with Crippen LogP contribution in [-0.4, -0.2) is 76.6 Å². The summed E-state index contributed by atoms with van der Waals surface area (Å²) in [4.78, 5) is 14.2. The van der Waals surface area contributed by atoms with E-state index in [4.69, 9.17) is 27.9 Å². The van der Waals surface area contributed by atoms with Crippen LogP contribution in [0.15, 0.2) is 18.2 Å². The molecule has 1 saturated heterocycles. The fourth-order valence-electron chi connectivity index (χ4n) is 3.54. The van der Waals surface area contributed by atoms with Crippen molar-refractivity contribution >= 4 is 27.0 Å². The molecule has 0 bridgehead atoms. The Morgan fingerprint density at radius 1 is 1.00 bits per heavy atom. The van der Waals surface area contributed by atoms with E-state index < -0.39 is 38.3 Å². The van der Waals surface area contributed by atoms with Gasteiger partial charge < -0.3 is 32.8 Å². The Morgan fingerprint density at radius 3 is 2.00 bits per heavy atom. The lowest BCUT2D eigenvalue weighted by atomic mass is 9.79. The maximum Gasteiger partial charge on any atom is 0.495 e. The first-order valence-corrected chi connectivity index (χ1v) is 16.3. The number of hydrogen-bond acceptors (Lipinski definition) is 7. The molecule has 2 rings (SSSR count). The summed E-state index contributed by atoms with van der Waals surface area (Å²) in [5, 5.41) is -0.00433. The van der Waals surface area contributed by atoms with Crippen LogP contribution in [0.4, 0.5) is 4.79 Å². The van der Waals surface area contributed by atoms with Crippen molar-refractivity contribution in [3.8, 4) is 11.5 Å². The number of rotatable bonds is 9. The molecule has 1 aliphatic heterocycles. The average molecular weight is 552 g/mol. The Bertz CT molecular complexity index is 953. The lowest BCUT2D eigenvalue weighted by Crippen LogP contribution is -2.49. The topological polar surface area (TPSA) is 75.7 Å². The quantitative estimate of drug-likeness (QED) is 0.368. The molecule has 8 nitrogen and oxygen atoms in total. The van der Waals surface area contributed by atoms with E-state index >= 15 is 0 Å². The molecule has 216 valence electrons. The van der Waals surface area contributed by atoms with Gasteiger partial charge in [0.1, 0.15) is 23.7 Å². The summed E-state index contributed by atoms with van der Waals surface area (Å²) in [6, 6.07) is 5.64. The Balaban J connectivity index is 2.27. The Labute approximate surface area is 231 Å². The molecule has 1 unspecified atom stereocenters. The van der Waals surface area contributed by atoms with Crippen molar-refractivity contribution in [2.45, 2.75) is 110 Å². The fraction of sp³-hybridized carbons (Fsp3) is 0.750. The summed E-state index contributed by atoms with van der Waals surface area (Å²) in [5.41, 5.74) is -0.695. The molecule has 1 fully saturated rings. The highest BCUT2D eigenvalue weighted by Crippen LogP contribution is 2.38. The zero-order valence-corrected chi connectivity index (χ0v) is 27.1. The molecule has 0 aliphatic carbocycles. The van der Waals surface area contributed by atoms with Crippen molar-refractivity contribution in [3.63, 3.8) is 0 Å². The van der Waals surface area contributed by atoms with E-state index in [2.05, 4.69) is 33.9 Å². The maximum atomic E-state index is 12.7. The largest absolute Gasteiger partial charge is 0.497 e. The molecule has 0 aromatic heterocycles. The van der Waals surface area contributed by atoms with Crippen LogP contribution >= 0.6 is 0 Å².